The molecule has 0 aliphatic rings. The van der Waals surface area contributed by atoms with Gasteiger partial charge in [-0.15, -0.1) is 0 Å². The highest BCUT2D eigenvalue weighted by molar-refractivity contribution is 6.24. The predicted octanol–water partition coefficient (Wildman–Crippen LogP) is -0.565. The van der Waals surface area contributed by atoms with Gasteiger partial charge in [-0.05, 0) is 0 Å². The molecule has 8 heteroatoms. The lowest BCUT2D eigenvalue weighted by Gasteiger charge is -2.28. The molecule has 0 bridgehead atoms. The lowest BCUT2D eigenvalue weighted by atomic mass is 10.7. The van der Waals surface area contributed by atoms with Crippen molar-refractivity contribution in [2.75, 3.05) is 0 Å². The van der Waals surface area contributed by atoms with Gasteiger partial charge in [0.15, 0.2) is 9.76 Å². The second-order valence-corrected chi connectivity index (χ2v) is 3.58. The summed E-state index contributed by atoms with van der Waals surface area (Å²) in [6.07, 6.45) is -2.37. The third kappa shape index (κ3) is 5.46. The molecule has 0 aliphatic carbocycles. The molecule has 0 saturated heterocycles. The molecule has 7 nitrogen and oxygen atoms in total. The van der Waals surface area contributed by atoms with E-state index in [9.17, 15) is 14.4 Å². The first-order chi connectivity index (χ1) is 7.31. The highest BCUT2D eigenvalue weighted by Crippen LogP contribution is 2.18. The zero-order valence-electron chi connectivity index (χ0n) is 9.56. The maximum Gasteiger partial charge on any atom is 0.556 e. The van der Waals surface area contributed by atoms with Crippen LogP contribution < -0.4 is 0 Å². The van der Waals surface area contributed by atoms with E-state index >= 15 is 0 Å². The average Bonchev–Trinajstić information content (AvgIpc) is 1.98. The van der Waals surface area contributed by atoms with Crippen molar-refractivity contribution in [1.82, 2.24) is 0 Å². The lowest BCUT2D eigenvalue weighted by Crippen LogP contribution is -2.46. The highest BCUT2D eigenvalue weighted by Gasteiger charge is 2.43. The van der Waals surface area contributed by atoms with Gasteiger partial charge < -0.3 is 18.6 Å². The molecule has 0 saturated carbocycles. The molecule has 0 aromatic rings. The number of hydrogen-bond donors (Lipinski definition) is 0. The molecule has 0 aliphatic heterocycles. The average molecular weight is 250 g/mol. The van der Waals surface area contributed by atoms with Gasteiger partial charge in [-0.1, -0.05) is 6.55 Å². The van der Waals surface area contributed by atoms with Crippen LogP contribution in [0.1, 0.15) is 20.8 Å². The second kappa shape index (κ2) is 6.23. The molecule has 0 fully saturated rings. The third-order valence-electron chi connectivity index (χ3n) is 1.13. The van der Waals surface area contributed by atoms with Crippen LogP contribution in [0.3, 0.4) is 0 Å². The Kier molecular flexibility index (Phi) is 5.68. The molecule has 0 aromatic heterocycles. The van der Waals surface area contributed by atoms with E-state index in [1.54, 1.807) is 6.55 Å². The van der Waals surface area contributed by atoms with Crippen molar-refractivity contribution >= 4 is 27.7 Å². The van der Waals surface area contributed by atoms with Crippen LogP contribution in [0, 0.1) is 0 Å². The predicted molar refractivity (Wildman–Crippen MR) is 53.5 cm³/mol. The molecule has 0 spiro atoms. The van der Waals surface area contributed by atoms with Crippen molar-refractivity contribution in [1.29, 1.82) is 0 Å². The number of carbonyl (C=O) groups excluding carboxylic acids is 3. The van der Waals surface area contributed by atoms with Crippen molar-refractivity contribution in [2.45, 2.75) is 33.5 Å². The molecule has 0 N–H and O–H groups in total. The maximum absolute atomic E-state index is 10.8. The van der Waals surface area contributed by atoms with Gasteiger partial charge in [-0.3, -0.25) is 14.4 Å². The summed E-state index contributed by atoms with van der Waals surface area (Å²) in [6.45, 7) is 4.90. The second-order valence-electron chi connectivity index (χ2n) is 2.71. The summed E-state index contributed by atoms with van der Waals surface area (Å²) >= 11 is 0. The summed E-state index contributed by atoms with van der Waals surface area (Å²) < 4.78 is 18.7. The van der Waals surface area contributed by atoms with Crippen molar-refractivity contribution in [3.8, 4) is 0 Å². The van der Waals surface area contributed by atoms with Crippen LogP contribution in [-0.2, 0) is 33.0 Å². The summed E-state index contributed by atoms with van der Waals surface area (Å²) in [5.41, 5.74) is 0. The van der Waals surface area contributed by atoms with E-state index in [0.29, 0.717) is 0 Å². The molecule has 92 valence electrons. The summed E-state index contributed by atoms with van der Waals surface area (Å²) in [7, 11) is -1.15. The van der Waals surface area contributed by atoms with E-state index in [1.165, 1.54) is 0 Å². The topological polar surface area (TPSA) is 88.1 Å². The Morgan fingerprint density at radius 3 is 1.38 bits per heavy atom. The molecule has 0 unspecified atom stereocenters. The molecule has 0 radical (unpaired) electrons. The first-order valence-corrected chi connectivity index (χ1v) is 6.53. The summed E-state index contributed by atoms with van der Waals surface area (Å²) in [5.74, 6) is -2.40. The zero-order valence-corrected chi connectivity index (χ0v) is 11.0. The zero-order chi connectivity index (χ0) is 12.8. The Hall–Kier alpha value is -1.41. The number of ether oxygens (including phenoxy) is 3. The fraction of sp³-hybridized carbons (Fsp3) is 0.625. The largest absolute Gasteiger partial charge is 0.556 e. The Bertz CT molecular complexity index is 247. The van der Waals surface area contributed by atoms with E-state index in [0.717, 1.165) is 20.8 Å². The van der Waals surface area contributed by atoms with Crippen molar-refractivity contribution in [3.05, 3.63) is 0 Å². The standard InChI is InChI=1S/C8H14O7Si/c1-5(9)12-8(15-16-4,13-6(2)10)14-7(3)11/h16H2,1-4H3. The Morgan fingerprint density at radius 1 is 0.875 bits per heavy atom. The van der Waals surface area contributed by atoms with Gasteiger partial charge in [0.2, 0.25) is 0 Å². The number of rotatable bonds is 5. The van der Waals surface area contributed by atoms with Gasteiger partial charge in [0.1, 0.15) is 0 Å². The molecule has 0 amide bonds. The molecule has 16 heavy (non-hydrogen) atoms. The van der Waals surface area contributed by atoms with Crippen molar-refractivity contribution < 1.29 is 33.0 Å². The van der Waals surface area contributed by atoms with Crippen LogP contribution >= 0.6 is 0 Å². The summed E-state index contributed by atoms with van der Waals surface area (Å²) in [6, 6.07) is 0. The van der Waals surface area contributed by atoms with E-state index in [2.05, 4.69) is 14.2 Å². The molecule has 0 atom stereocenters. The molecule has 0 rings (SSSR count). The van der Waals surface area contributed by atoms with E-state index in [-0.39, 0.29) is 0 Å². The first-order valence-electron chi connectivity index (χ1n) is 4.54. The minimum Gasteiger partial charge on any atom is -0.364 e. The van der Waals surface area contributed by atoms with Gasteiger partial charge in [-0.25, -0.2) is 0 Å². The van der Waals surface area contributed by atoms with Crippen molar-refractivity contribution in [3.63, 3.8) is 0 Å². The Balaban J connectivity index is 4.93. The Labute approximate surface area is 94.9 Å². The van der Waals surface area contributed by atoms with E-state index in [4.69, 9.17) is 4.43 Å². The minimum absolute atomic E-state index is 0.801. The molecule has 0 heterocycles. The minimum atomic E-state index is -2.37. The third-order valence-corrected chi connectivity index (χ3v) is 1.77. The van der Waals surface area contributed by atoms with Gasteiger partial charge in [0.05, 0.1) is 0 Å². The summed E-state index contributed by atoms with van der Waals surface area (Å²) in [5, 5.41) is 0. The monoisotopic (exact) mass is 250 g/mol. The first kappa shape index (κ1) is 14.6. The van der Waals surface area contributed by atoms with E-state index < -0.39 is 33.8 Å². The van der Waals surface area contributed by atoms with Gasteiger partial charge in [0.25, 0.3) is 0 Å². The van der Waals surface area contributed by atoms with Gasteiger partial charge in [0, 0.05) is 20.8 Å². The smallest absolute Gasteiger partial charge is 0.364 e. The molecule has 0 aromatic carbocycles. The van der Waals surface area contributed by atoms with Gasteiger partial charge in [-0.2, -0.15) is 0 Å². The quantitative estimate of drug-likeness (QED) is 0.367. The highest BCUT2D eigenvalue weighted by atomic mass is 28.2. The van der Waals surface area contributed by atoms with E-state index in [1.807, 2.05) is 0 Å². The number of carbonyl (C=O) groups is 3. The lowest BCUT2D eigenvalue weighted by molar-refractivity contribution is -0.418. The molecular formula is C8H14O7Si. The van der Waals surface area contributed by atoms with Crippen LogP contribution in [0.5, 0.6) is 0 Å². The summed E-state index contributed by atoms with van der Waals surface area (Å²) in [4.78, 5) is 32.5. The van der Waals surface area contributed by atoms with Crippen LogP contribution in [0.4, 0.5) is 0 Å². The fourth-order valence-corrected chi connectivity index (χ4v) is 1.39. The SMILES string of the molecule is C[SiH2]OC(OC(C)=O)(OC(C)=O)OC(C)=O. The Morgan fingerprint density at radius 2 is 1.19 bits per heavy atom. The van der Waals surface area contributed by atoms with Gasteiger partial charge >= 0.3 is 24.1 Å². The van der Waals surface area contributed by atoms with Crippen LogP contribution in [-0.4, -0.2) is 33.8 Å². The number of esters is 3. The van der Waals surface area contributed by atoms with Crippen molar-refractivity contribution in [2.24, 2.45) is 0 Å². The van der Waals surface area contributed by atoms with Crippen LogP contribution in [0.15, 0.2) is 0 Å². The van der Waals surface area contributed by atoms with Crippen LogP contribution in [0.25, 0.3) is 0 Å². The van der Waals surface area contributed by atoms with Crippen LogP contribution in [0.2, 0.25) is 6.55 Å². The number of hydrogen-bond acceptors (Lipinski definition) is 7. The normalized spacial score (nSPS) is 11.2. The molecular weight excluding hydrogens is 236 g/mol. The fourth-order valence-electron chi connectivity index (χ4n) is 0.856. The maximum atomic E-state index is 10.8.